The largest absolute Gasteiger partial charge is 0.471 e. The van der Waals surface area contributed by atoms with Gasteiger partial charge in [0.05, 0.1) is 12.1 Å². The van der Waals surface area contributed by atoms with Gasteiger partial charge in [0.2, 0.25) is 0 Å². The van der Waals surface area contributed by atoms with E-state index < -0.39 is 18.1 Å². The molecule has 4 nitrogen and oxygen atoms in total. The second kappa shape index (κ2) is 6.76. The van der Waals surface area contributed by atoms with Crippen LogP contribution in [0.1, 0.15) is 19.3 Å². The highest BCUT2D eigenvalue weighted by Crippen LogP contribution is 2.28. The zero-order valence-electron chi connectivity index (χ0n) is 10.3. The lowest BCUT2D eigenvalue weighted by atomic mass is 9.88. The summed E-state index contributed by atoms with van der Waals surface area (Å²) in [6.07, 6.45) is -2.89. The van der Waals surface area contributed by atoms with Crippen molar-refractivity contribution in [3.05, 3.63) is 0 Å². The minimum atomic E-state index is -4.82. The smallest absolute Gasteiger partial charge is 0.376 e. The summed E-state index contributed by atoms with van der Waals surface area (Å²) in [4.78, 5) is 10.9. The van der Waals surface area contributed by atoms with E-state index in [9.17, 15) is 18.0 Å². The van der Waals surface area contributed by atoms with Crippen molar-refractivity contribution >= 4 is 18.3 Å². The molecule has 0 aromatic heterocycles. The molecule has 2 fully saturated rings. The fourth-order valence-electron chi connectivity index (χ4n) is 2.65. The zero-order valence-corrected chi connectivity index (χ0v) is 11.1. The molecule has 2 N–H and O–H groups in total. The Morgan fingerprint density at radius 1 is 1.21 bits per heavy atom. The minimum absolute atomic E-state index is 0. The van der Waals surface area contributed by atoms with Gasteiger partial charge in [0.1, 0.15) is 0 Å². The number of carbonyl (C=O) groups excluding carboxylic acids is 1. The Bertz CT molecular complexity index is 309. The average Bonchev–Trinajstić information content (AvgIpc) is 2.77. The lowest BCUT2D eigenvalue weighted by molar-refractivity contribution is -0.174. The molecule has 8 heteroatoms. The number of carbonyl (C=O) groups is 1. The van der Waals surface area contributed by atoms with E-state index in [0.717, 1.165) is 25.9 Å². The van der Waals surface area contributed by atoms with Gasteiger partial charge in [-0.2, -0.15) is 13.2 Å². The summed E-state index contributed by atoms with van der Waals surface area (Å²) >= 11 is 0. The molecule has 0 radical (unpaired) electrons. The van der Waals surface area contributed by atoms with Gasteiger partial charge in [0.25, 0.3) is 0 Å². The number of halogens is 4. The SMILES string of the molecule is Cl.O=C(NC1CCOC1C1CCNCC1)C(F)(F)F. The normalized spacial score (nSPS) is 28.8. The van der Waals surface area contributed by atoms with Crippen molar-refractivity contribution in [2.45, 2.75) is 37.6 Å². The summed E-state index contributed by atoms with van der Waals surface area (Å²) in [6.45, 7) is 2.12. The quantitative estimate of drug-likeness (QED) is 0.807. The Morgan fingerprint density at radius 2 is 1.84 bits per heavy atom. The van der Waals surface area contributed by atoms with Gasteiger partial charge in [-0.15, -0.1) is 12.4 Å². The monoisotopic (exact) mass is 302 g/mol. The fraction of sp³-hybridized carbons (Fsp3) is 0.909. The zero-order chi connectivity index (χ0) is 13.2. The summed E-state index contributed by atoms with van der Waals surface area (Å²) in [5.41, 5.74) is 0. The van der Waals surface area contributed by atoms with E-state index in [-0.39, 0.29) is 24.4 Å². The summed E-state index contributed by atoms with van der Waals surface area (Å²) < 4.78 is 42.1. The fourth-order valence-corrected chi connectivity index (χ4v) is 2.65. The first-order valence-electron chi connectivity index (χ1n) is 6.18. The van der Waals surface area contributed by atoms with Crippen LogP contribution in [0.5, 0.6) is 0 Å². The van der Waals surface area contributed by atoms with Crippen LogP contribution in [-0.4, -0.2) is 43.9 Å². The first-order valence-corrected chi connectivity index (χ1v) is 6.18. The topological polar surface area (TPSA) is 50.4 Å². The maximum Gasteiger partial charge on any atom is 0.471 e. The molecule has 0 aliphatic carbocycles. The molecule has 2 saturated heterocycles. The van der Waals surface area contributed by atoms with Crippen molar-refractivity contribution in [2.24, 2.45) is 5.92 Å². The van der Waals surface area contributed by atoms with Gasteiger partial charge >= 0.3 is 12.1 Å². The number of ether oxygens (including phenoxy) is 1. The molecule has 0 aromatic carbocycles. The first-order chi connectivity index (χ1) is 8.48. The second-order valence-corrected chi connectivity index (χ2v) is 4.79. The summed E-state index contributed by atoms with van der Waals surface area (Å²) in [5, 5.41) is 5.25. The summed E-state index contributed by atoms with van der Waals surface area (Å²) in [5.74, 6) is -1.63. The van der Waals surface area contributed by atoms with Gasteiger partial charge in [-0.05, 0) is 38.3 Å². The highest BCUT2D eigenvalue weighted by atomic mass is 35.5. The lowest BCUT2D eigenvalue weighted by Crippen LogP contribution is -2.49. The van der Waals surface area contributed by atoms with Crippen LogP contribution in [0.15, 0.2) is 0 Å². The maximum absolute atomic E-state index is 12.2. The molecule has 2 rings (SSSR count). The van der Waals surface area contributed by atoms with E-state index in [1.54, 1.807) is 0 Å². The molecule has 1 amide bonds. The van der Waals surface area contributed by atoms with Crippen molar-refractivity contribution in [1.82, 2.24) is 10.6 Å². The Balaban J connectivity index is 0.00000180. The molecular weight excluding hydrogens is 285 g/mol. The Morgan fingerprint density at radius 3 is 2.42 bits per heavy atom. The number of hydrogen-bond acceptors (Lipinski definition) is 3. The molecule has 2 atom stereocenters. The van der Waals surface area contributed by atoms with Gasteiger partial charge in [0, 0.05) is 6.61 Å². The van der Waals surface area contributed by atoms with Gasteiger partial charge in [-0.1, -0.05) is 0 Å². The van der Waals surface area contributed by atoms with Crippen LogP contribution < -0.4 is 10.6 Å². The van der Waals surface area contributed by atoms with E-state index in [1.165, 1.54) is 0 Å². The highest BCUT2D eigenvalue weighted by molar-refractivity contribution is 5.85. The summed E-state index contributed by atoms with van der Waals surface area (Å²) in [6, 6.07) is -0.512. The first kappa shape index (κ1) is 16.5. The molecule has 2 heterocycles. The molecular formula is C11H18ClF3N2O2. The molecule has 0 saturated carbocycles. The third-order valence-electron chi connectivity index (χ3n) is 3.56. The number of nitrogens with one attached hydrogen (secondary N) is 2. The minimum Gasteiger partial charge on any atom is -0.376 e. The third-order valence-corrected chi connectivity index (χ3v) is 3.56. The van der Waals surface area contributed by atoms with Crippen molar-refractivity contribution in [1.29, 1.82) is 0 Å². The van der Waals surface area contributed by atoms with Gasteiger partial charge in [-0.25, -0.2) is 0 Å². The number of amides is 1. The second-order valence-electron chi connectivity index (χ2n) is 4.79. The van der Waals surface area contributed by atoms with Crippen LogP contribution in [0.2, 0.25) is 0 Å². The Hall–Kier alpha value is -0.530. The van der Waals surface area contributed by atoms with E-state index in [4.69, 9.17) is 4.74 Å². The van der Waals surface area contributed by atoms with Crippen LogP contribution in [0.4, 0.5) is 13.2 Å². The average molecular weight is 303 g/mol. The van der Waals surface area contributed by atoms with Crippen molar-refractivity contribution in [2.75, 3.05) is 19.7 Å². The van der Waals surface area contributed by atoms with Crippen molar-refractivity contribution in [3.8, 4) is 0 Å². The van der Waals surface area contributed by atoms with E-state index in [1.807, 2.05) is 0 Å². The Labute approximate surface area is 115 Å². The van der Waals surface area contributed by atoms with Crippen LogP contribution in [0.3, 0.4) is 0 Å². The predicted molar refractivity (Wildman–Crippen MR) is 65.2 cm³/mol. The van der Waals surface area contributed by atoms with Gasteiger partial charge in [-0.3, -0.25) is 4.79 Å². The molecule has 0 spiro atoms. The Kier molecular flexibility index (Phi) is 5.88. The highest BCUT2D eigenvalue weighted by Gasteiger charge is 2.43. The van der Waals surface area contributed by atoms with Crippen LogP contribution in [-0.2, 0) is 9.53 Å². The standard InChI is InChI=1S/C11H17F3N2O2.ClH/c12-11(13,14)10(17)16-8-3-6-18-9(8)7-1-4-15-5-2-7;/h7-9,15H,1-6H2,(H,16,17);1H. The van der Waals surface area contributed by atoms with Crippen molar-refractivity contribution in [3.63, 3.8) is 0 Å². The van der Waals surface area contributed by atoms with Gasteiger partial charge < -0.3 is 15.4 Å². The summed E-state index contributed by atoms with van der Waals surface area (Å²) in [7, 11) is 0. The van der Waals surface area contributed by atoms with E-state index >= 15 is 0 Å². The van der Waals surface area contributed by atoms with Crippen LogP contribution >= 0.6 is 12.4 Å². The van der Waals surface area contributed by atoms with Gasteiger partial charge in [0.15, 0.2) is 0 Å². The molecule has 19 heavy (non-hydrogen) atoms. The maximum atomic E-state index is 12.2. The lowest BCUT2D eigenvalue weighted by Gasteiger charge is -2.31. The number of hydrogen-bond donors (Lipinski definition) is 2. The molecule has 0 bridgehead atoms. The molecule has 2 aliphatic heterocycles. The third kappa shape index (κ3) is 4.22. The molecule has 2 unspecified atom stereocenters. The predicted octanol–water partition coefficient (Wildman–Crippen LogP) is 1.24. The molecule has 2 aliphatic rings. The van der Waals surface area contributed by atoms with Crippen molar-refractivity contribution < 1.29 is 22.7 Å². The number of alkyl halides is 3. The van der Waals surface area contributed by atoms with Crippen LogP contribution in [0.25, 0.3) is 0 Å². The number of piperidine rings is 1. The molecule has 0 aromatic rings. The number of rotatable bonds is 2. The van der Waals surface area contributed by atoms with E-state index in [2.05, 4.69) is 10.6 Å². The van der Waals surface area contributed by atoms with Crippen LogP contribution in [0, 0.1) is 5.92 Å². The van der Waals surface area contributed by atoms with E-state index in [0.29, 0.717) is 13.0 Å². The molecule has 112 valence electrons.